The SMILES string of the molecule is CC1CCCC1Nc1c(C(N)=O)cnn2cc(-c3ccncc3)cc12. The number of pyridine rings is 1. The normalized spacial score (nSPS) is 20.0. The molecule has 0 spiro atoms. The van der Waals surface area contributed by atoms with E-state index >= 15 is 0 Å². The molecule has 1 amide bonds. The second-order valence-corrected chi connectivity index (χ2v) is 6.75. The molecule has 2 unspecified atom stereocenters. The Balaban J connectivity index is 1.83. The van der Waals surface area contributed by atoms with E-state index in [9.17, 15) is 4.79 Å². The number of fused-ring (bicyclic) bond motifs is 1. The van der Waals surface area contributed by atoms with Crippen molar-refractivity contribution in [2.24, 2.45) is 11.7 Å². The van der Waals surface area contributed by atoms with Gasteiger partial charge in [0.2, 0.25) is 0 Å². The highest BCUT2D eigenvalue weighted by Gasteiger charge is 2.26. The summed E-state index contributed by atoms with van der Waals surface area (Å²) in [7, 11) is 0. The third-order valence-corrected chi connectivity index (χ3v) is 5.11. The van der Waals surface area contributed by atoms with E-state index in [0.29, 0.717) is 17.5 Å². The zero-order valence-corrected chi connectivity index (χ0v) is 14.1. The van der Waals surface area contributed by atoms with Crippen molar-refractivity contribution in [2.45, 2.75) is 32.2 Å². The van der Waals surface area contributed by atoms with Gasteiger partial charge in [0.25, 0.3) is 5.91 Å². The van der Waals surface area contributed by atoms with Gasteiger partial charge in [-0.05, 0) is 42.5 Å². The fourth-order valence-corrected chi connectivity index (χ4v) is 3.64. The number of amides is 1. The Bertz CT molecular complexity index is 918. The van der Waals surface area contributed by atoms with E-state index in [4.69, 9.17) is 5.73 Å². The predicted molar refractivity (Wildman–Crippen MR) is 97.4 cm³/mol. The first-order chi connectivity index (χ1) is 12.1. The lowest BCUT2D eigenvalue weighted by Gasteiger charge is -2.20. The Morgan fingerprint density at radius 3 is 2.76 bits per heavy atom. The average Bonchev–Trinajstić information content (AvgIpc) is 3.22. The Labute approximate surface area is 146 Å². The van der Waals surface area contributed by atoms with Crippen molar-refractivity contribution in [3.05, 3.63) is 48.5 Å². The number of anilines is 1. The summed E-state index contributed by atoms with van der Waals surface area (Å²) >= 11 is 0. The van der Waals surface area contributed by atoms with Gasteiger partial charge in [-0.1, -0.05) is 13.3 Å². The molecule has 3 heterocycles. The predicted octanol–water partition coefficient (Wildman–Crippen LogP) is 3.10. The molecule has 1 saturated carbocycles. The molecule has 1 fully saturated rings. The maximum Gasteiger partial charge on any atom is 0.252 e. The molecule has 0 aliphatic heterocycles. The highest BCUT2D eigenvalue weighted by molar-refractivity contribution is 6.02. The third-order valence-electron chi connectivity index (χ3n) is 5.11. The Morgan fingerprint density at radius 1 is 1.28 bits per heavy atom. The molecule has 0 aromatic carbocycles. The second-order valence-electron chi connectivity index (χ2n) is 6.75. The molecule has 0 bridgehead atoms. The summed E-state index contributed by atoms with van der Waals surface area (Å²) in [6.07, 6.45) is 10.5. The van der Waals surface area contributed by atoms with Crippen LogP contribution in [-0.2, 0) is 0 Å². The molecular formula is C19H21N5O. The first kappa shape index (κ1) is 15.6. The molecule has 3 aromatic rings. The molecule has 2 atom stereocenters. The van der Waals surface area contributed by atoms with Crippen molar-refractivity contribution in [1.29, 1.82) is 0 Å². The van der Waals surface area contributed by atoms with Crippen LogP contribution >= 0.6 is 0 Å². The monoisotopic (exact) mass is 335 g/mol. The van der Waals surface area contributed by atoms with Gasteiger partial charge in [-0.15, -0.1) is 0 Å². The summed E-state index contributed by atoms with van der Waals surface area (Å²) < 4.78 is 1.80. The standard InChI is InChI=1S/C19H21N5O/c1-12-3-2-4-16(12)23-18-15(19(20)25)10-22-24-11-14(9-17(18)24)13-5-7-21-8-6-13/h5-12,16,23H,2-4H2,1H3,(H2,20,25). The number of rotatable bonds is 4. The summed E-state index contributed by atoms with van der Waals surface area (Å²) in [5.74, 6) is 0.110. The van der Waals surface area contributed by atoms with Gasteiger partial charge in [0.15, 0.2) is 0 Å². The largest absolute Gasteiger partial charge is 0.380 e. The van der Waals surface area contributed by atoms with Gasteiger partial charge >= 0.3 is 0 Å². The third kappa shape index (κ3) is 2.84. The first-order valence-electron chi connectivity index (χ1n) is 8.61. The molecule has 25 heavy (non-hydrogen) atoms. The highest BCUT2D eigenvalue weighted by atomic mass is 16.1. The lowest BCUT2D eigenvalue weighted by Crippen LogP contribution is -2.25. The van der Waals surface area contributed by atoms with Gasteiger partial charge in [-0.25, -0.2) is 4.52 Å². The average molecular weight is 335 g/mol. The van der Waals surface area contributed by atoms with E-state index in [0.717, 1.165) is 28.8 Å². The summed E-state index contributed by atoms with van der Waals surface area (Å²) in [5, 5.41) is 7.94. The number of carbonyl (C=O) groups is 1. The highest BCUT2D eigenvalue weighted by Crippen LogP contribution is 2.33. The van der Waals surface area contributed by atoms with Crippen molar-refractivity contribution >= 4 is 17.1 Å². The lowest BCUT2D eigenvalue weighted by molar-refractivity contribution is 0.100. The summed E-state index contributed by atoms with van der Waals surface area (Å²) in [4.78, 5) is 16.0. The number of carbonyl (C=O) groups excluding carboxylic acids is 1. The van der Waals surface area contributed by atoms with Crippen molar-refractivity contribution in [1.82, 2.24) is 14.6 Å². The molecule has 3 aromatic heterocycles. The van der Waals surface area contributed by atoms with E-state index in [-0.39, 0.29) is 0 Å². The van der Waals surface area contributed by atoms with Gasteiger partial charge in [0.05, 0.1) is 23.0 Å². The van der Waals surface area contributed by atoms with Crippen molar-refractivity contribution in [3.8, 4) is 11.1 Å². The Hall–Kier alpha value is -2.89. The maximum absolute atomic E-state index is 11.9. The summed E-state index contributed by atoms with van der Waals surface area (Å²) in [6.45, 7) is 2.24. The topological polar surface area (TPSA) is 85.3 Å². The fourth-order valence-electron chi connectivity index (χ4n) is 3.64. The van der Waals surface area contributed by atoms with Crippen LogP contribution in [0.15, 0.2) is 43.0 Å². The van der Waals surface area contributed by atoms with Gasteiger partial charge in [-0.3, -0.25) is 9.78 Å². The molecule has 0 radical (unpaired) electrons. The molecule has 3 N–H and O–H groups in total. The van der Waals surface area contributed by atoms with Crippen LogP contribution in [0.4, 0.5) is 5.69 Å². The molecule has 4 rings (SSSR count). The van der Waals surface area contributed by atoms with Gasteiger partial charge in [0.1, 0.15) is 0 Å². The number of aromatic nitrogens is 3. The fraction of sp³-hybridized carbons (Fsp3) is 0.316. The zero-order chi connectivity index (χ0) is 17.4. The number of hydrogen-bond donors (Lipinski definition) is 2. The summed E-state index contributed by atoms with van der Waals surface area (Å²) in [6, 6.07) is 6.30. The number of primary amides is 1. The Morgan fingerprint density at radius 2 is 2.08 bits per heavy atom. The van der Waals surface area contributed by atoms with Gasteiger partial charge in [-0.2, -0.15) is 5.10 Å². The smallest absolute Gasteiger partial charge is 0.252 e. The van der Waals surface area contributed by atoms with Crippen LogP contribution in [0, 0.1) is 5.92 Å². The minimum absolute atomic E-state index is 0.351. The van der Waals surface area contributed by atoms with E-state index in [1.165, 1.54) is 12.8 Å². The van der Waals surface area contributed by atoms with E-state index < -0.39 is 5.91 Å². The molecule has 1 aliphatic rings. The molecule has 6 nitrogen and oxygen atoms in total. The van der Waals surface area contributed by atoms with Gasteiger partial charge < -0.3 is 11.1 Å². The molecule has 6 heteroatoms. The lowest BCUT2D eigenvalue weighted by atomic mass is 10.1. The maximum atomic E-state index is 11.9. The van der Waals surface area contributed by atoms with Crippen molar-refractivity contribution in [3.63, 3.8) is 0 Å². The van der Waals surface area contributed by atoms with Crippen LogP contribution in [0.3, 0.4) is 0 Å². The molecular weight excluding hydrogens is 314 g/mol. The Kier molecular flexibility index (Phi) is 3.87. The van der Waals surface area contributed by atoms with E-state index in [2.05, 4.69) is 22.3 Å². The molecule has 1 aliphatic carbocycles. The first-order valence-corrected chi connectivity index (χ1v) is 8.61. The van der Waals surface area contributed by atoms with Crippen molar-refractivity contribution < 1.29 is 4.79 Å². The van der Waals surface area contributed by atoms with Crippen LogP contribution in [0.25, 0.3) is 16.6 Å². The van der Waals surface area contributed by atoms with Crippen LogP contribution in [0.1, 0.15) is 36.5 Å². The van der Waals surface area contributed by atoms with Crippen LogP contribution in [-0.4, -0.2) is 26.5 Å². The quantitative estimate of drug-likeness (QED) is 0.767. The van der Waals surface area contributed by atoms with Crippen LogP contribution < -0.4 is 11.1 Å². The minimum Gasteiger partial charge on any atom is -0.380 e. The van der Waals surface area contributed by atoms with Crippen molar-refractivity contribution in [2.75, 3.05) is 5.32 Å². The molecule has 128 valence electrons. The zero-order valence-electron chi connectivity index (χ0n) is 14.1. The van der Waals surface area contributed by atoms with Crippen LogP contribution in [0.2, 0.25) is 0 Å². The molecule has 0 saturated heterocycles. The van der Waals surface area contributed by atoms with E-state index in [1.54, 1.807) is 23.1 Å². The number of hydrogen-bond acceptors (Lipinski definition) is 4. The summed E-state index contributed by atoms with van der Waals surface area (Å²) in [5.41, 5.74) is 9.76. The number of nitrogens with zero attached hydrogens (tertiary/aromatic N) is 3. The van der Waals surface area contributed by atoms with Gasteiger partial charge in [0, 0.05) is 30.2 Å². The van der Waals surface area contributed by atoms with Crippen LogP contribution in [0.5, 0.6) is 0 Å². The minimum atomic E-state index is -0.463. The second kappa shape index (κ2) is 6.20. The number of nitrogens with two attached hydrogens (primary N) is 1. The van der Waals surface area contributed by atoms with E-state index in [1.807, 2.05) is 24.4 Å². The number of nitrogens with one attached hydrogen (secondary N) is 1.